The van der Waals surface area contributed by atoms with Crippen LogP contribution in [0.25, 0.3) is 0 Å². The van der Waals surface area contributed by atoms with E-state index in [2.05, 4.69) is 20.6 Å². The number of rotatable bonds is 4. The highest BCUT2D eigenvalue weighted by atomic mass is 35.5. The molecule has 5 nitrogen and oxygen atoms in total. The van der Waals surface area contributed by atoms with Crippen LogP contribution in [0.1, 0.15) is 5.56 Å². The molecule has 110 valence electrons. The minimum atomic E-state index is 0.260. The largest absolute Gasteiger partial charge is 0.481 e. The standard InChI is InChI=1S/C13H12Cl2N4OS/c1-20-11-6-10(15)17-12(18-11)19-13(21)16-7-8-4-2-3-5-9(8)14/h2-6H,7H2,1H3,(H2,16,17,18,19,21). The molecule has 1 aromatic heterocycles. The number of ether oxygens (including phenoxy) is 1. The van der Waals surface area contributed by atoms with E-state index < -0.39 is 0 Å². The van der Waals surface area contributed by atoms with Crippen LogP contribution in [0.15, 0.2) is 30.3 Å². The number of hydrogen-bond acceptors (Lipinski definition) is 4. The van der Waals surface area contributed by atoms with E-state index in [9.17, 15) is 0 Å². The third-order valence-electron chi connectivity index (χ3n) is 2.50. The molecule has 8 heteroatoms. The summed E-state index contributed by atoms with van der Waals surface area (Å²) in [4.78, 5) is 8.09. The van der Waals surface area contributed by atoms with Gasteiger partial charge in [-0.1, -0.05) is 41.4 Å². The smallest absolute Gasteiger partial charge is 0.233 e. The van der Waals surface area contributed by atoms with Crippen molar-refractivity contribution in [1.82, 2.24) is 15.3 Å². The first kappa shape index (κ1) is 15.8. The Bertz CT molecular complexity index is 654. The second kappa shape index (κ2) is 7.40. The molecule has 2 N–H and O–H groups in total. The molecule has 0 amide bonds. The van der Waals surface area contributed by atoms with Crippen molar-refractivity contribution < 1.29 is 4.74 Å². The molecule has 0 saturated heterocycles. The molecule has 1 aromatic carbocycles. The van der Waals surface area contributed by atoms with Crippen LogP contribution in [0.5, 0.6) is 5.88 Å². The Labute approximate surface area is 137 Å². The quantitative estimate of drug-likeness (QED) is 0.656. The lowest BCUT2D eigenvalue weighted by atomic mass is 10.2. The minimum Gasteiger partial charge on any atom is -0.481 e. The van der Waals surface area contributed by atoms with Crippen molar-refractivity contribution in [2.45, 2.75) is 6.54 Å². The molecular weight excluding hydrogens is 331 g/mol. The molecule has 0 aliphatic rings. The van der Waals surface area contributed by atoms with Crippen molar-refractivity contribution in [3.8, 4) is 5.88 Å². The molecule has 0 bridgehead atoms. The third-order valence-corrected chi connectivity index (χ3v) is 3.31. The molecule has 0 aliphatic heterocycles. The Morgan fingerprint density at radius 2 is 2.05 bits per heavy atom. The Morgan fingerprint density at radius 3 is 2.76 bits per heavy atom. The van der Waals surface area contributed by atoms with Crippen molar-refractivity contribution in [1.29, 1.82) is 0 Å². The van der Waals surface area contributed by atoms with Gasteiger partial charge in [0.25, 0.3) is 0 Å². The van der Waals surface area contributed by atoms with Gasteiger partial charge in [0.05, 0.1) is 7.11 Å². The van der Waals surface area contributed by atoms with Crippen LogP contribution in [0.4, 0.5) is 5.95 Å². The van der Waals surface area contributed by atoms with E-state index in [1.807, 2.05) is 24.3 Å². The van der Waals surface area contributed by atoms with E-state index in [-0.39, 0.29) is 11.1 Å². The highest BCUT2D eigenvalue weighted by Gasteiger charge is 2.06. The van der Waals surface area contributed by atoms with Crippen LogP contribution in [0.2, 0.25) is 10.2 Å². The summed E-state index contributed by atoms with van der Waals surface area (Å²) in [5.74, 6) is 0.613. The van der Waals surface area contributed by atoms with Crippen LogP contribution < -0.4 is 15.4 Å². The molecule has 1 heterocycles. The number of anilines is 1. The molecule has 0 radical (unpaired) electrons. The van der Waals surface area contributed by atoms with Crippen LogP contribution in [0, 0.1) is 0 Å². The van der Waals surface area contributed by atoms with Crippen molar-refractivity contribution in [3.05, 3.63) is 46.1 Å². The van der Waals surface area contributed by atoms with Gasteiger partial charge in [-0.05, 0) is 23.8 Å². The van der Waals surface area contributed by atoms with Gasteiger partial charge in [-0.25, -0.2) is 4.98 Å². The first-order chi connectivity index (χ1) is 10.1. The summed E-state index contributed by atoms with van der Waals surface area (Å²) in [6, 6.07) is 9.02. The van der Waals surface area contributed by atoms with Crippen molar-refractivity contribution in [2.24, 2.45) is 0 Å². The lowest BCUT2D eigenvalue weighted by Crippen LogP contribution is -2.28. The normalized spacial score (nSPS) is 10.0. The van der Waals surface area contributed by atoms with E-state index in [0.717, 1.165) is 5.56 Å². The average molecular weight is 343 g/mol. The fourth-order valence-corrected chi connectivity index (χ4v) is 2.06. The van der Waals surface area contributed by atoms with Gasteiger partial charge < -0.3 is 15.4 Å². The van der Waals surface area contributed by atoms with Gasteiger partial charge >= 0.3 is 0 Å². The average Bonchev–Trinajstić information content (AvgIpc) is 2.45. The zero-order valence-electron chi connectivity index (χ0n) is 11.1. The molecule has 0 atom stereocenters. The van der Waals surface area contributed by atoms with E-state index in [4.69, 9.17) is 40.2 Å². The molecule has 0 aliphatic carbocycles. The summed E-state index contributed by atoms with van der Waals surface area (Å²) in [5.41, 5.74) is 0.938. The van der Waals surface area contributed by atoms with Crippen molar-refractivity contribution in [3.63, 3.8) is 0 Å². The molecule has 0 unspecified atom stereocenters. The summed E-state index contributed by atoms with van der Waals surface area (Å²) in [7, 11) is 1.50. The van der Waals surface area contributed by atoms with Crippen LogP contribution in [0.3, 0.4) is 0 Å². The highest BCUT2D eigenvalue weighted by molar-refractivity contribution is 7.80. The monoisotopic (exact) mass is 342 g/mol. The van der Waals surface area contributed by atoms with Gasteiger partial charge in [0.2, 0.25) is 11.8 Å². The van der Waals surface area contributed by atoms with Crippen LogP contribution in [-0.2, 0) is 6.54 Å². The maximum atomic E-state index is 6.07. The second-order valence-corrected chi connectivity index (χ2v) is 5.16. The fraction of sp³-hybridized carbons (Fsp3) is 0.154. The van der Waals surface area contributed by atoms with Gasteiger partial charge in [0.1, 0.15) is 5.15 Å². The number of hydrogen-bond donors (Lipinski definition) is 2. The van der Waals surface area contributed by atoms with Crippen LogP contribution in [-0.4, -0.2) is 22.2 Å². The number of nitrogens with one attached hydrogen (secondary N) is 2. The fourth-order valence-electron chi connectivity index (χ4n) is 1.52. The van der Waals surface area contributed by atoms with Gasteiger partial charge in [-0.15, -0.1) is 0 Å². The summed E-state index contributed by atoms with van der Waals surface area (Å²) in [6.07, 6.45) is 0. The topological polar surface area (TPSA) is 59.1 Å². The third kappa shape index (κ3) is 4.70. The van der Waals surface area contributed by atoms with Gasteiger partial charge in [-0.2, -0.15) is 4.98 Å². The lowest BCUT2D eigenvalue weighted by molar-refractivity contribution is 0.397. The molecule has 2 rings (SSSR count). The first-order valence-corrected chi connectivity index (χ1v) is 7.11. The Kier molecular flexibility index (Phi) is 5.55. The molecule has 0 fully saturated rings. The van der Waals surface area contributed by atoms with E-state index in [1.165, 1.54) is 13.2 Å². The maximum absolute atomic E-state index is 6.07. The van der Waals surface area contributed by atoms with E-state index in [0.29, 0.717) is 22.6 Å². The molecule has 0 spiro atoms. The molecule has 0 saturated carbocycles. The summed E-state index contributed by atoms with van der Waals surface area (Å²) < 4.78 is 5.01. The van der Waals surface area contributed by atoms with Crippen molar-refractivity contribution >= 4 is 46.5 Å². The SMILES string of the molecule is COc1cc(Cl)nc(NC(=S)NCc2ccccc2Cl)n1. The molecule has 2 aromatic rings. The Balaban J connectivity index is 1.96. The number of benzene rings is 1. The molecular formula is C13H12Cl2N4OS. The number of methoxy groups -OCH3 is 1. The summed E-state index contributed by atoms with van der Waals surface area (Å²) >= 11 is 17.1. The van der Waals surface area contributed by atoms with Crippen molar-refractivity contribution in [2.75, 3.05) is 12.4 Å². The first-order valence-electron chi connectivity index (χ1n) is 5.95. The predicted molar refractivity (Wildman–Crippen MR) is 88.1 cm³/mol. The molecule has 21 heavy (non-hydrogen) atoms. The van der Waals surface area contributed by atoms with Gasteiger partial charge in [0.15, 0.2) is 5.11 Å². The highest BCUT2D eigenvalue weighted by Crippen LogP contribution is 2.16. The number of aromatic nitrogens is 2. The van der Waals surface area contributed by atoms with E-state index >= 15 is 0 Å². The Morgan fingerprint density at radius 1 is 1.29 bits per heavy atom. The van der Waals surface area contributed by atoms with E-state index in [1.54, 1.807) is 0 Å². The van der Waals surface area contributed by atoms with Gasteiger partial charge in [-0.3, -0.25) is 0 Å². The number of thiocarbonyl (C=S) groups is 1. The number of halogens is 2. The lowest BCUT2D eigenvalue weighted by Gasteiger charge is -2.11. The minimum absolute atomic E-state index is 0.260. The predicted octanol–water partition coefficient (Wildman–Crippen LogP) is 3.28. The van der Waals surface area contributed by atoms with Gasteiger partial charge in [0, 0.05) is 17.6 Å². The Hall–Kier alpha value is -1.63. The second-order valence-electron chi connectivity index (χ2n) is 3.96. The summed E-state index contributed by atoms with van der Waals surface area (Å²) in [6.45, 7) is 0.489. The zero-order valence-corrected chi connectivity index (χ0v) is 13.4. The number of nitrogens with zero attached hydrogens (tertiary/aromatic N) is 2. The van der Waals surface area contributed by atoms with Crippen LogP contribution >= 0.6 is 35.4 Å². The summed E-state index contributed by atoms with van der Waals surface area (Å²) in [5, 5.41) is 7.15. The zero-order chi connectivity index (χ0) is 15.2. The maximum Gasteiger partial charge on any atom is 0.233 e.